The first-order valence-corrected chi connectivity index (χ1v) is 5.80. The number of aromatic nitrogens is 2. The van der Waals surface area contributed by atoms with E-state index < -0.39 is 11.2 Å². The monoisotopic (exact) mass is 271 g/mol. The van der Waals surface area contributed by atoms with E-state index in [1.54, 1.807) is 24.3 Å². The number of benzene rings is 1. The van der Waals surface area contributed by atoms with Gasteiger partial charge in [-0.2, -0.15) is 5.26 Å². The maximum Gasteiger partial charge on any atom is 0.328 e. The highest BCUT2D eigenvalue weighted by Gasteiger charge is 2.13. The minimum atomic E-state index is -0.681. The van der Waals surface area contributed by atoms with Crippen molar-refractivity contribution in [2.75, 3.05) is 6.79 Å². The van der Waals surface area contributed by atoms with E-state index in [1.165, 1.54) is 10.8 Å². The van der Waals surface area contributed by atoms with Crippen molar-refractivity contribution >= 4 is 0 Å². The second-order valence-electron chi connectivity index (χ2n) is 4.23. The third-order valence-corrected chi connectivity index (χ3v) is 2.92. The van der Waals surface area contributed by atoms with Crippen molar-refractivity contribution in [1.29, 1.82) is 5.26 Å². The molecule has 7 nitrogen and oxygen atoms in total. The number of nitrogens with one attached hydrogen (secondary N) is 1. The third-order valence-electron chi connectivity index (χ3n) is 2.92. The van der Waals surface area contributed by atoms with Gasteiger partial charge in [0.15, 0.2) is 11.5 Å². The van der Waals surface area contributed by atoms with Crippen LogP contribution in [0.15, 0.2) is 34.0 Å². The van der Waals surface area contributed by atoms with E-state index in [4.69, 9.17) is 14.7 Å². The van der Waals surface area contributed by atoms with Gasteiger partial charge in [-0.25, -0.2) is 4.79 Å². The van der Waals surface area contributed by atoms with E-state index in [-0.39, 0.29) is 18.9 Å². The van der Waals surface area contributed by atoms with Crippen LogP contribution in [0, 0.1) is 11.3 Å². The Morgan fingerprint density at radius 3 is 2.90 bits per heavy atom. The van der Waals surface area contributed by atoms with Gasteiger partial charge in [0.25, 0.3) is 5.56 Å². The van der Waals surface area contributed by atoms with Gasteiger partial charge in [0.1, 0.15) is 11.6 Å². The van der Waals surface area contributed by atoms with E-state index in [1.807, 2.05) is 0 Å². The van der Waals surface area contributed by atoms with Crippen LogP contribution >= 0.6 is 0 Å². The first-order valence-electron chi connectivity index (χ1n) is 5.80. The summed E-state index contributed by atoms with van der Waals surface area (Å²) in [6, 6.07) is 7.04. The molecule has 2 heterocycles. The van der Waals surface area contributed by atoms with Crippen molar-refractivity contribution in [3.8, 4) is 17.6 Å². The molecule has 0 amide bonds. The summed E-state index contributed by atoms with van der Waals surface area (Å²) in [6.45, 7) is 0.400. The summed E-state index contributed by atoms with van der Waals surface area (Å²) < 4.78 is 11.7. The minimum absolute atomic E-state index is 0.106. The fourth-order valence-corrected chi connectivity index (χ4v) is 1.94. The molecule has 1 N–H and O–H groups in total. The normalized spacial score (nSPS) is 12.2. The van der Waals surface area contributed by atoms with Gasteiger partial charge in [0.2, 0.25) is 6.79 Å². The van der Waals surface area contributed by atoms with Crippen LogP contribution in [0.5, 0.6) is 11.5 Å². The van der Waals surface area contributed by atoms with Crippen LogP contribution in [0.3, 0.4) is 0 Å². The Balaban J connectivity index is 1.98. The number of fused-ring (bicyclic) bond motifs is 1. The van der Waals surface area contributed by atoms with Gasteiger partial charge in [-0.05, 0) is 17.7 Å². The average Bonchev–Trinajstić information content (AvgIpc) is 2.89. The van der Waals surface area contributed by atoms with Gasteiger partial charge >= 0.3 is 5.69 Å². The molecule has 0 saturated carbocycles. The van der Waals surface area contributed by atoms with Crippen LogP contribution < -0.4 is 20.7 Å². The molecule has 0 fully saturated rings. The van der Waals surface area contributed by atoms with E-state index in [2.05, 4.69) is 4.98 Å². The number of ether oxygens (including phenoxy) is 2. The van der Waals surface area contributed by atoms with Crippen LogP contribution in [0.25, 0.3) is 0 Å². The number of hydrogen-bond donors (Lipinski definition) is 1. The lowest BCUT2D eigenvalue weighted by Crippen LogP contribution is -2.31. The van der Waals surface area contributed by atoms with Crippen LogP contribution in [-0.2, 0) is 6.54 Å². The van der Waals surface area contributed by atoms with E-state index >= 15 is 0 Å². The lowest BCUT2D eigenvalue weighted by molar-refractivity contribution is 0.174. The maximum atomic E-state index is 11.7. The van der Waals surface area contributed by atoms with Crippen LogP contribution in [0.1, 0.15) is 11.1 Å². The topological polar surface area (TPSA) is 97.1 Å². The zero-order valence-electron chi connectivity index (χ0n) is 10.3. The van der Waals surface area contributed by atoms with E-state index in [0.717, 1.165) is 5.56 Å². The molecule has 0 spiro atoms. The SMILES string of the molecule is N#Cc1cn(Cc2ccc3c(c2)OCO3)c(=O)[nH]c1=O. The lowest BCUT2D eigenvalue weighted by Gasteiger charge is -2.06. The highest BCUT2D eigenvalue weighted by atomic mass is 16.7. The Hall–Kier alpha value is -3.01. The molecule has 20 heavy (non-hydrogen) atoms. The molecule has 0 saturated heterocycles. The van der Waals surface area contributed by atoms with Crippen molar-refractivity contribution in [3.05, 3.63) is 56.4 Å². The Morgan fingerprint density at radius 2 is 2.10 bits per heavy atom. The minimum Gasteiger partial charge on any atom is -0.454 e. The van der Waals surface area contributed by atoms with E-state index in [9.17, 15) is 9.59 Å². The molecule has 0 unspecified atom stereocenters. The zero-order chi connectivity index (χ0) is 14.1. The second kappa shape index (κ2) is 4.59. The third kappa shape index (κ3) is 2.03. The molecule has 0 radical (unpaired) electrons. The Kier molecular flexibility index (Phi) is 2.76. The molecular formula is C13H9N3O4. The number of aromatic amines is 1. The molecule has 0 aliphatic carbocycles. The summed E-state index contributed by atoms with van der Waals surface area (Å²) in [5.41, 5.74) is -0.552. The van der Waals surface area contributed by atoms with Crippen LogP contribution in [-0.4, -0.2) is 16.3 Å². The van der Waals surface area contributed by atoms with Crippen molar-refractivity contribution in [1.82, 2.24) is 9.55 Å². The number of nitrogens with zero attached hydrogens (tertiary/aromatic N) is 2. The first-order chi connectivity index (χ1) is 9.67. The smallest absolute Gasteiger partial charge is 0.328 e. The summed E-state index contributed by atoms with van der Waals surface area (Å²) >= 11 is 0. The predicted molar refractivity (Wildman–Crippen MR) is 67.7 cm³/mol. The number of H-pyrrole nitrogens is 1. The molecule has 0 atom stereocenters. The molecule has 1 aliphatic heterocycles. The van der Waals surface area contributed by atoms with Gasteiger partial charge in [-0.1, -0.05) is 6.07 Å². The van der Waals surface area contributed by atoms with Crippen molar-refractivity contribution in [2.24, 2.45) is 0 Å². The largest absolute Gasteiger partial charge is 0.454 e. The van der Waals surface area contributed by atoms with Crippen molar-refractivity contribution in [3.63, 3.8) is 0 Å². The number of nitriles is 1. The lowest BCUT2D eigenvalue weighted by atomic mass is 10.2. The van der Waals surface area contributed by atoms with Crippen LogP contribution in [0.4, 0.5) is 0 Å². The molecule has 2 aromatic rings. The summed E-state index contributed by atoms with van der Waals surface area (Å²) in [7, 11) is 0. The van der Waals surface area contributed by atoms with Gasteiger partial charge < -0.3 is 9.47 Å². The van der Waals surface area contributed by atoms with Gasteiger partial charge in [-0.3, -0.25) is 14.3 Å². The molecule has 1 aromatic carbocycles. The standard InChI is InChI=1S/C13H9N3O4/c14-4-9-6-16(13(18)15-12(9)17)5-8-1-2-10-11(3-8)20-7-19-10/h1-3,6H,5,7H2,(H,15,17,18). The molecular weight excluding hydrogens is 262 g/mol. The van der Waals surface area contributed by atoms with Gasteiger partial charge in [0, 0.05) is 6.20 Å². The molecule has 1 aliphatic rings. The molecule has 100 valence electrons. The highest BCUT2D eigenvalue weighted by Crippen LogP contribution is 2.32. The predicted octanol–water partition coefficient (Wildman–Crippen LogP) is 0.185. The molecule has 0 bridgehead atoms. The number of hydrogen-bond acceptors (Lipinski definition) is 5. The summed E-state index contributed by atoms with van der Waals surface area (Å²) in [5.74, 6) is 1.26. The molecule has 7 heteroatoms. The van der Waals surface area contributed by atoms with Gasteiger partial charge in [0.05, 0.1) is 6.54 Å². The summed E-state index contributed by atoms with van der Waals surface area (Å²) in [4.78, 5) is 25.1. The van der Waals surface area contributed by atoms with Gasteiger partial charge in [-0.15, -0.1) is 0 Å². The molecule has 1 aromatic heterocycles. The zero-order valence-corrected chi connectivity index (χ0v) is 10.3. The second-order valence-corrected chi connectivity index (χ2v) is 4.23. The molecule has 3 rings (SSSR count). The highest BCUT2D eigenvalue weighted by molar-refractivity contribution is 5.44. The Bertz CT molecular complexity index is 829. The first kappa shape index (κ1) is 12.0. The fraction of sp³-hybridized carbons (Fsp3) is 0.154. The quantitative estimate of drug-likeness (QED) is 0.840. The Labute approximate surface area is 112 Å². The van der Waals surface area contributed by atoms with Crippen molar-refractivity contribution < 1.29 is 9.47 Å². The van der Waals surface area contributed by atoms with E-state index in [0.29, 0.717) is 11.5 Å². The fourth-order valence-electron chi connectivity index (χ4n) is 1.94. The summed E-state index contributed by atoms with van der Waals surface area (Å²) in [5, 5.41) is 8.80. The van der Waals surface area contributed by atoms with Crippen molar-refractivity contribution in [2.45, 2.75) is 6.54 Å². The average molecular weight is 271 g/mol. The number of rotatable bonds is 2. The van der Waals surface area contributed by atoms with Crippen LogP contribution in [0.2, 0.25) is 0 Å². The summed E-state index contributed by atoms with van der Waals surface area (Å²) in [6.07, 6.45) is 1.24. The maximum absolute atomic E-state index is 11.7. The Morgan fingerprint density at radius 1 is 1.30 bits per heavy atom.